The molecule has 26 heavy (non-hydrogen) atoms. The summed E-state index contributed by atoms with van der Waals surface area (Å²) in [7, 11) is -4.11. The Morgan fingerprint density at radius 2 is 1.81 bits per heavy atom. The van der Waals surface area contributed by atoms with Crippen LogP contribution in [0.3, 0.4) is 0 Å². The van der Waals surface area contributed by atoms with Crippen LogP contribution in [0.2, 0.25) is 0 Å². The minimum Gasteiger partial charge on any atom is -0.354 e. The Labute approximate surface area is 152 Å². The molecular weight excluding hydrogens is 389 g/mol. The number of halogens is 3. The maximum atomic E-state index is 12.5. The fourth-order valence-electron chi connectivity index (χ4n) is 1.91. The van der Waals surface area contributed by atoms with Gasteiger partial charge in [-0.15, -0.1) is 11.8 Å². The van der Waals surface area contributed by atoms with Gasteiger partial charge in [0.1, 0.15) is 5.75 Å². The zero-order chi connectivity index (χ0) is 19.2. The second-order valence-electron chi connectivity index (χ2n) is 5.15. The van der Waals surface area contributed by atoms with Crippen molar-refractivity contribution in [2.75, 3.05) is 18.1 Å². The largest absolute Gasteiger partial charge is 0.417 e. The second kappa shape index (κ2) is 8.54. The molecule has 0 aliphatic heterocycles. The molecule has 0 aliphatic rings. The maximum Gasteiger partial charge on any atom is 0.417 e. The van der Waals surface area contributed by atoms with E-state index in [9.17, 15) is 26.4 Å². The predicted molar refractivity (Wildman–Crippen MR) is 91.5 cm³/mol. The normalized spacial score (nSPS) is 12.0. The number of nitrogens with one attached hydrogen (secondary N) is 1. The van der Waals surface area contributed by atoms with Gasteiger partial charge in [-0.05, 0) is 24.3 Å². The molecule has 0 radical (unpaired) electrons. The molecule has 5 nitrogen and oxygen atoms in total. The minimum absolute atomic E-state index is 0.258. The molecule has 2 rings (SSSR count). The number of carbonyl (C=O) groups is 1. The number of benzene rings is 1. The van der Waals surface area contributed by atoms with E-state index in [4.69, 9.17) is 0 Å². The lowest BCUT2D eigenvalue weighted by Crippen LogP contribution is -2.32. The summed E-state index contributed by atoms with van der Waals surface area (Å²) in [6.45, 7) is 0.258. The quantitative estimate of drug-likeness (QED) is 0.567. The number of hydrogen-bond acceptors (Lipinski definition) is 5. The van der Waals surface area contributed by atoms with Crippen molar-refractivity contribution in [1.29, 1.82) is 0 Å². The van der Waals surface area contributed by atoms with E-state index in [2.05, 4.69) is 10.3 Å². The first-order valence-corrected chi connectivity index (χ1v) is 10.0. The Morgan fingerprint density at radius 1 is 1.12 bits per heavy atom. The Kier molecular flexibility index (Phi) is 6.65. The molecule has 2 aromatic rings. The SMILES string of the molecule is O=C(CS(=O)(=O)c1ccc(C(F)(F)F)cn1)NCCSc1ccccc1. The van der Waals surface area contributed by atoms with Crippen molar-refractivity contribution in [1.82, 2.24) is 10.3 Å². The van der Waals surface area contributed by atoms with Crippen LogP contribution in [-0.2, 0) is 20.8 Å². The number of amides is 1. The number of sulfone groups is 1. The van der Waals surface area contributed by atoms with Crippen molar-refractivity contribution < 1.29 is 26.4 Å². The van der Waals surface area contributed by atoms with E-state index in [0.717, 1.165) is 11.0 Å². The van der Waals surface area contributed by atoms with Crippen LogP contribution in [0.15, 0.2) is 58.6 Å². The molecule has 0 atom stereocenters. The molecule has 1 heterocycles. The van der Waals surface area contributed by atoms with Crippen LogP contribution in [0, 0.1) is 0 Å². The van der Waals surface area contributed by atoms with Crippen LogP contribution in [0.25, 0.3) is 0 Å². The van der Waals surface area contributed by atoms with Crippen LogP contribution in [0.5, 0.6) is 0 Å². The summed E-state index contributed by atoms with van der Waals surface area (Å²) in [6, 6.07) is 10.8. The highest BCUT2D eigenvalue weighted by atomic mass is 32.2. The third kappa shape index (κ3) is 6.03. The van der Waals surface area contributed by atoms with Crippen molar-refractivity contribution in [2.24, 2.45) is 0 Å². The third-order valence-corrected chi connectivity index (χ3v) is 5.67. The molecule has 0 spiro atoms. The number of hydrogen-bond donors (Lipinski definition) is 1. The fraction of sp³-hybridized carbons (Fsp3) is 0.250. The van der Waals surface area contributed by atoms with E-state index in [0.29, 0.717) is 18.0 Å². The van der Waals surface area contributed by atoms with Gasteiger partial charge in [0.25, 0.3) is 0 Å². The van der Waals surface area contributed by atoms with Crippen molar-refractivity contribution in [2.45, 2.75) is 16.1 Å². The smallest absolute Gasteiger partial charge is 0.354 e. The van der Waals surface area contributed by atoms with Crippen LogP contribution in [0.1, 0.15) is 5.56 Å². The summed E-state index contributed by atoms with van der Waals surface area (Å²) in [4.78, 5) is 16.1. The van der Waals surface area contributed by atoms with Gasteiger partial charge in [-0.25, -0.2) is 13.4 Å². The molecule has 0 aliphatic carbocycles. The molecule has 1 amide bonds. The second-order valence-corrected chi connectivity index (χ2v) is 8.26. The molecule has 0 saturated heterocycles. The lowest BCUT2D eigenvalue weighted by molar-refractivity contribution is -0.137. The summed E-state index contributed by atoms with van der Waals surface area (Å²) >= 11 is 1.50. The van der Waals surface area contributed by atoms with Gasteiger partial charge in [-0.1, -0.05) is 18.2 Å². The standard InChI is InChI=1S/C16H15F3N2O3S2/c17-16(18,19)12-6-7-15(21-10-12)26(23,24)11-14(22)20-8-9-25-13-4-2-1-3-5-13/h1-7,10H,8-9,11H2,(H,20,22). The Morgan fingerprint density at radius 3 is 2.38 bits per heavy atom. The third-order valence-electron chi connectivity index (χ3n) is 3.14. The van der Waals surface area contributed by atoms with Crippen molar-refractivity contribution in [3.8, 4) is 0 Å². The van der Waals surface area contributed by atoms with E-state index in [1.54, 1.807) is 0 Å². The van der Waals surface area contributed by atoms with Crippen molar-refractivity contribution in [3.63, 3.8) is 0 Å². The summed E-state index contributed by atoms with van der Waals surface area (Å²) in [5, 5.41) is 1.90. The highest BCUT2D eigenvalue weighted by molar-refractivity contribution is 7.99. The first kappa shape index (κ1) is 20.2. The van der Waals surface area contributed by atoms with Crippen LogP contribution < -0.4 is 5.32 Å². The monoisotopic (exact) mass is 404 g/mol. The first-order chi connectivity index (χ1) is 12.2. The maximum absolute atomic E-state index is 12.5. The molecule has 1 aromatic heterocycles. The summed E-state index contributed by atoms with van der Waals surface area (Å²) in [6.07, 6.45) is -4.18. The van der Waals surface area contributed by atoms with E-state index in [1.165, 1.54) is 11.8 Å². The van der Waals surface area contributed by atoms with Crippen LogP contribution in [0.4, 0.5) is 13.2 Å². The molecule has 1 aromatic carbocycles. The predicted octanol–water partition coefficient (Wildman–Crippen LogP) is 2.78. The van der Waals surface area contributed by atoms with Gasteiger partial charge in [-0.2, -0.15) is 13.2 Å². The van der Waals surface area contributed by atoms with Gasteiger partial charge in [0.15, 0.2) is 5.03 Å². The van der Waals surface area contributed by atoms with E-state index >= 15 is 0 Å². The Balaban J connectivity index is 1.85. The minimum atomic E-state index is -4.61. The van der Waals surface area contributed by atoms with Crippen molar-refractivity contribution in [3.05, 3.63) is 54.2 Å². The molecule has 0 unspecified atom stereocenters. The Bertz CT molecular complexity index is 839. The highest BCUT2D eigenvalue weighted by Gasteiger charge is 2.31. The van der Waals surface area contributed by atoms with Gasteiger partial charge in [0.2, 0.25) is 15.7 Å². The van der Waals surface area contributed by atoms with Crippen LogP contribution >= 0.6 is 11.8 Å². The molecule has 1 N–H and O–H groups in total. The number of alkyl halides is 3. The number of rotatable bonds is 7. The van der Waals surface area contributed by atoms with Crippen LogP contribution in [-0.4, -0.2) is 37.4 Å². The molecule has 140 valence electrons. The zero-order valence-corrected chi connectivity index (χ0v) is 15.0. The highest BCUT2D eigenvalue weighted by Crippen LogP contribution is 2.28. The van der Waals surface area contributed by atoms with E-state index in [1.807, 2.05) is 30.3 Å². The number of pyridine rings is 1. The number of nitrogens with zero attached hydrogens (tertiary/aromatic N) is 1. The molecule has 10 heteroatoms. The molecular formula is C16H15F3N2O3S2. The number of thioether (sulfide) groups is 1. The van der Waals surface area contributed by atoms with Gasteiger partial charge >= 0.3 is 6.18 Å². The summed E-state index contributed by atoms with van der Waals surface area (Å²) in [5.41, 5.74) is -1.06. The van der Waals surface area contributed by atoms with Gasteiger partial charge < -0.3 is 5.32 Å². The lowest BCUT2D eigenvalue weighted by Gasteiger charge is -2.08. The molecule has 0 fully saturated rings. The summed E-state index contributed by atoms with van der Waals surface area (Å²) in [5.74, 6) is -1.06. The average Bonchev–Trinajstić information content (AvgIpc) is 2.59. The van der Waals surface area contributed by atoms with Gasteiger partial charge in [-0.3, -0.25) is 4.79 Å². The summed E-state index contributed by atoms with van der Waals surface area (Å²) < 4.78 is 61.5. The van der Waals surface area contributed by atoms with E-state index < -0.39 is 38.3 Å². The molecule has 0 bridgehead atoms. The zero-order valence-electron chi connectivity index (χ0n) is 13.4. The lowest BCUT2D eigenvalue weighted by atomic mass is 10.3. The fourth-order valence-corrected chi connectivity index (χ4v) is 3.78. The Hall–Kier alpha value is -2.07. The average molecular weight is 404 g/mol. The number of aromatic nitrogens is 1. The molecule has 0 saturated carbocycles. The van der Waals surface area contributed by atoms with Gasteiger partial charge in [0.05, 0.1) is 5.56 Å². The van der Waals surface area contributed by atoms with Gasteiger partial charge in [0, 0.05) is 23.4 Å². The number of carbonyl (C=O) groups excluding carboxylic acids is 1. The first-order valence-electron chi connectivity index (χ1n) is 7.39. The van der Waals surface area contributed by atoms with E-state index in [-0.39, 0.29) is 6.54 Å². The topological polar surface area (TPSA) is 76.1 Å². The van der Waals surface area contributed by atoms with Crippen molar-refractivity contribution >= 4 is 27.5 Å².